The highest BCUT2D eigenvalue weighted by Gasteiger charge is 2.29. The zero-order valence-electron chi connectivity index (χ0n) is 14.3. The van der Waals surface area contributed by atoms with Crippen molar-refractivity contribution in [2.75, 3.05) is 19.0 Å². The predicted molar refractivity (Wildman–Crippen MR) is 94.3 cm³/mol. The fourth-order valence-electron chi connectivity index (χ4n) is 2.72. The zero-order chi connectivity index (χ0) is 17.2. The average molecular weight is 339 g/mol. The van der Waals surface area contributed by atoms with Gasteiger partial charge in [-0.25, -0.2) is 0 Å². The summed E-state index contributed by atoms with van der Waals surface area (Å²) in [6.45, 7) is 2.63. The van der Waals surface area contributed by atoms with E-state index in [-0.39, 0.29) is 6.10 Å². The second kappa shape index (κ2) is 6.58. The van der Waals surface area contributed by atoms with Gasteiger partial charge < -0.3 is 14.8 Å². The smallest absolute Gasteiger partial charge is 0.178 e. The number of fused-ring (bicyclic) bond motifs is 1. The van der Waals surface area contributed by atoms with Crippen LogP contribution in [0.3, 0.4) is 0 Å². The minimum atomic E-state index is -0.0439. The number of hydrogen-bond acceptors (Lipinski definition) is 6. The van der Waals surface area contributed by atoms with Gasteiger partial charge in [-0.1, -0.05) is 12.1 Å². The summed E-state index contributed by atoms with van der Waals surface area (Å²) in [6.07, 6.45) is 2.30. The number of anilines is 1. The number of para-hydroxylation sites is 2. The molecule has 4 rings (SSSR count). The topological polar surface area (TPSA) is 73.6 Å². The van der Waals surface area contributed by atoms with Gasteiger partial charge in [0.15, 0.2) is 23.0 Å². The van der Waals surface area contributed by atoms with Crippen LogP contribution in [0.1, 0.15) is 31.5 Å². The highest BCUT2D eigenvalue weighted by atomic mass is 16.5. The third-order valence-corrected chi connectivity index (χ3v) is 4.20. The number of aromatic nitrogens is 4. The molecule has 0 spiro atoms. The van der Waals surface area contributed by atoms with Crippen molar-refractivity contribution in [3.63, 3.8) is 0 Å². The molecule has 0 amide bonds. The van der Waals surface area contributed by atoms with E-state index in [9.17, 15) is 0 Å². The Balaban J connectivity index is 1.42. The van der Waals surface area contributed by atoms with E-state index < -0.39 is 0 Å². The first-order chi connectivity index (χ1) is 12.2. The minimum Gasteiger partial charge on any atom is -0.493 e. The standard InChI is InChI=1S/C18H21N5O2/c1-12(25-15-6-4-3-5-14(15)24-2)11-19-16-9-10-17-20-21-18(13-7-8-13)23(17)22-16/h3-6,9-10,12-13H,7-8,11H2,1-2H3,(H,19,22). The molecule has 0 aliphatic heterocycles. The van der Waals surface area contributed by atoms with E-state index in [0.717, 1.165) is 28.8 Å². The van der Waals surface area contributed by atoms with Gasteiger partial charge >= 0.3 is 0 Å². The van der Waals surface area contributed by atoms with Crippen LogP contribution in [0.5, 0.6) is 11.5 Å². The van der Waals surface area contributed by atoms with Crippen LogP contribution in [0.25, 0.3) is 5.65 Å². The highest BCUT2D eigenvalue weighted by molar-refractivity contribution is 5.44. The molecule has 7 nitrogen and oxygen atoms in total. The monoisotopic (exact) mass is 339 g/mol. The number of ether oxygens (including phenoxy) is 2. The highest BCUT2D eigenvalue weighted by Crippen LogP contribution is 2.38. The minimum absolute atomic E-state index is 0.0439. The lowest BCUT2D eigenvalue weighted by Gasteiger charge is -2.17. The maximum absolute atomic E-state index is 5.96. The summed E-state index contributed by atoms with van der Waals surface area (Å²) < 4.78 is 13.1. The number of benzene rings is 1. The largest absolute Gasteiger partial charge is 0.493 e. The van der Waals surface area contributed by atoms with Gasteiger partial charge in [0.05, 0.1) is 13.7 Å². The van der Waals surface area contributed by atoms with E-state index in [4.69, 9.17) is 9.47 Å². The van der Waals surface area contributed by atoms with Crippen LogP contribution in [-0.2, 0) is 0 Å². The maximum Gasteiger partial charge on any atom is 0.178 e. The van der Waals surface area contributed by atoms with E-state index in [2.05, 4.69) is 20.6 Å². The predicted octanol–water partition coefficient (Wildman–Crippen LogP) is 2.89. The van der Waals surface area contributed by atoms with Gasteiger partial charge in [0, 0.05) is 5.92 Å². The van der Waals surface area contributed by atoms with Crippen LogP contribution < -0.4 is 14.8 Å². The second-order valence-electron chi connectivity index (χ2n) is 6.28. The van der Waals surface area contributed by atoms with Gasteiger partial charge in [0.25, 0.3) is 0 Å². The third-order valence-electron chi connectivity index (χ3n) is 4.20. The normalized spacial score (nSPS) is 15.1. The maximum atomic E-state index is 5.96. The van der Waals surface area contributed by atoms with Gasteiger partial charge in [-0.05, 0) is 44.0 Å². The molecule has 1 fully saturated rings. The Kier molecular flexibility index (Phi) is 4.13. The summed E-state index contributed by atoms with van der Waals surface area (Å²) in [6, 6.07) is 11.5. The van der Waals surface area contributed by atoms with Crippen molar-refractivity contribution in [1.82, 2.24) is 19.8 Å². The quantitative estimate of drug-likeness (QED) is 0.713. The van der Waals surface area contributed by atoms with Crippen molar-refractivity contribution in [3.8, 4) is 11.5 Å². The first kappa shape index (κ1) is 15.7. The second-order valence-corrected chi connectivity index (χ2v) is 6.28. The summed E-state index contributed by atoms with van der Waals surface area (Å²) in [5.41, 5.74) is 0.783. The Morgan fingerprint density at radius 1 is 1.16 bits per heavy atom. The van der Waals surface area contributed by atoms with Gasteiger partial charge in [-0.3, -0.25) is 0 Å². The first-order valence-corrected chi connectivity index (χ1v) is 8.50. The Bertz CT molecular complexity index is 875. The molecule has 0 saturated heterocycles. The molecule has 1 atom stereocenters. The molecular weight excluding hydrogens is 318 g/mol. The number of nitrogens with one attached hydrogen (secondary N) is 1. The Hall–Kier alpha value is -2.83. The van der Waals surface area contributed by atoms with Crippen LogP contribution >= 0.6 is 0 Å². The zero-order valence-corrected chi connectivity index (χ0v) is 14.3. The molecule has 0 bridgehead atoms. The molecule has 1 aliphatic rings. The molecule has 2 aromatic heterocycles. The van der Waals surface area contributed by atoms with Gasteiger partial charge in [-0.2, -0.15) is 4.52 Å². The van der Waals surface area contributed by atoms with Crippen LogP contribution in [0, 0.1) is 0 Å². The lowest BCUT2D eigenvalue weighted by molar-refractivity contribution is 0.223. The molecule has 0 radical (unpaired) electrons. The van der Waals surface area contributed by atoms with Crippen molar-refractivity contribution < 1.29 is 9.47 Å². The van der Waals surface area contributed by atoms with Crippen molar-refractivity contribution in [3.05, 3.63) is 42.2 Å². The summed E-state index contributed by atoms with van der Waals surface area (Å²) >= 11 is 0. The molecule has 1 N–H and O–H groups in total. The first-order valence-electron chi connectivity index (χ1n) is 8.50. The van der Waals surface area contributed by atoms with E-state index in [1.807, 2.05) is 47.8 Å². The fraction of sp³-hybridized carbons (Fsp3) is 0.389. The number of rotatable bonds is 7. The molecule has 1 unspecified atom stereocenters. The Morgan fingerprint density at radius 3 is 2.72 bits per heavy atom. The van der Waals surface area contributed by atoms with Crippen molar-refractivity contribution in [2.24, 2.45) is 0 Å². The van der Waals surface area contributed by atoms with Crippen molar-refractivity contribution in [1.29, 1.82) is 0 Å². The average Bonchev–Trinajstić information content (AvgIpc) is 3.39. The molecule has 3 aromatic rings. The molecular formula is C18H21N5O2. The number of methoxy groups -OCH3 is 1. The Labute approximate surface area is 146 Å². The van der Waals surface area contributed by atoms with Gasteiger partial charge in [0.2, 0.25) is 0 Å². The SMILES string of the molecule is COc1ccccc1OC(C)CNc1ccc2nnc(C3CC3)n2n1. The number of hydrogen-bond donors (Lipinski definition) is 1. The molecule has 1 aromatic carbocycles. The molecule has 130 valence electrons. The van der Waals surface area contributed by atoms with Crippen LogP contribution in [0.2, 0.25) is 0 Å². The van der Waals surface area contributed by atoms with Crippen molar-refractivity contribution >= 4 is 11.5 Å². The lowest BCUT2D eigenvalue weighted by Crippen LogP contribution is -2.23. The summed E-state index contributed by atoms with van der Waals surface area (Å²) in [5, 5.41) is 16.4. The van der Waals surface area contributed by atoms with Crippen LogP contribution in [0.15, 0.2) is 36.4 Å². The van der Waals surface area contributed by atoms with Gasteiger partial charge in [0.1, 0.15) is 11.9 Å². The number of nitrogens with zero attached hydrogens (tertiary/aromatic N) is 4. The van der Waals surface area contributed by atoms with Crippen LogP contribution in [0.4, 0.5) is 5.82 Å². The molecule has 7 heteroatoms. The molecule has 2 heterocycles. The van der Waals surface area contributed by atoms with E-state index in [1.165, 1.54) is 12.8 Å². The lowest BCUT2D eigenvalue weighted by atomic mass is 10.3. The molecule has 1 saturated carbocycles. The van der Waals surface area contributed by atoms with E-state index in [0.29, 0.717) is 12.5 Å². The molecule has 25 heavy (non-hydrogen) atoms. The summed E-state index contributed by atoms with van der Waals surface area (Å²) in [7, 11) is 1.64. The van der Waals surface area contributed by atoms with E-state index >= 15 is 0 Å². The van der Waals surface area contributed by atoms with Gasteiger partial charge in [-0.15, -0.1) is 15.3 Å². The van der Waals surface area contributed by atoms with Crippen LogP contribution in [-0.4, -0.2) is 39.6 Å². The molecule has 1 aliphatic carbocycles. The van der Waals surface area contributed by atoms with E-state index in [1.54, 1.807) is 7.11 Å². The summed E-state index contributed by atoms with van der Waals surface area (Å²) in [4.78, 5) is 0. The van der Waals surface area contributed by atoms with Crippen molar-refractivity contribution in [2.45, 2.75) is 31.8 Å². The fourth-order valence-corrected chi connectivity index (χ4v) is 2.72. The third kappa shape index (κ3) is 3.35. The Morgan fingerprint density at radius 2 is 1.96 bits per heavy atom. The summed E-state index contributed by atoms with van der Waals surface area (Å²) in [5.74, 6) is 3.71.